The predicted octanol–water partition coefficient (Wildman–Crippen LogP) is 4.13. The number of carbonyl (C=O) groups excluding carboxylic acids is 1. The van der Waals surface area contributed by atoms with Gasteiger partial charge in [0.15, 0.2) is 0 Å². The highest BCUT2D eigenvalue weighted by Gasteiger charge is 2.44. The second kappa shape index (κ2) is 8.20. The summed E-state index contributed by atoms with van der Waals surface area (Å²) in [6, 6.07) is 19.3. The normalized spacial score (nSPS) is 18.9. The van der Waals surface area contributed by atoms with Crippen LogP contribution in [0.25, 0.3) is 27.8 Å². The monoisotopic (exact) mass is 465 g/mol. The zero-order chi connectivity index (χ0) is 24.1. The van der Waals surface area contributed by atoms with Crippen molar-refractivity contribution in [2.45, 2.75) is 31.2 Å². The third-order valence-corrected chi connectivity index (χ3v) is 6.80. The van der Waals surface area contributed by atoms with E-state index in [4.69, 9.17) is 0 Å². The maximum absolute atomic E-state index is 13.1. The summed E-state index contributed by atoms with van der Waals surface area (Å²) in [7, 11) is 0. The number of carboxylic acid groups (broad SMARTS) is 1. The van der Waals surface area contributed by atoms with Crippen molar-refractivity contribution in [3.63, 3.8) is 0 Å². The molecule has 6 rings (SSSR count). The van der Waals surface area contributed by atoms with Crippen LogP contribution in [0.5, 0.6) is 0 Å². The van der Waals surface area contributed by atoms with Gasteiger partial charge in [0.25, 0.3) is 5.91 Å². The minimum absolute atomic E-state index is 0.0512. The smallest absolute Gasteiger partial charge is 0.307 e. The molecule has 0 spiro atoms. The van der Waals surface area contributed by atoms with Gasteiger partial charge in [-0.2, -0.15) is 0 Å². The van der Waals surface area contributed by atoms with Crippen molar-refractivity contribution in [2.24, 2.45) is 5.92 Å². The number of nitrogens with zero attached hydrogens (tertiary/aromatic N) is 2. The highest BCUT2D eigenvalue weighted by molar-refractivity contribution is 5.97. The number of aliphatic carboxylic acids is 1. The van der Waals surface area contributed by atoms with Gasteiger partial charge in [0.05, 0.1) is 11.3 Å². The summed E-state index contributed by atoms with van der Waals surface area (Å²) < 4.78 is 1.78. The lowest BCUT2D eigenvalue weighted by Gasteiger charge is -2.14. The maximum Gasteiger partial charge on any atom is 0.307 e. The van der Waals surface area contributed by atoms with Crippen molar-refractivity contribution in [1.82, 2.24) is 14.9 Å². The van der Waals surface area contributed by atoms with Crippen LogP contribution < -0.4 is 10.7 Å². The third-order valence-electron chi connectivity index (χ3n) is 6.80. The number of fused-ring (bicyclic) bond motifs is 1. The summed E-state index contributed by atoms with van der Waals surface area (Å²) in [4.78, 5) is 41.6. The lowest BCUT2D eigenvalue weighted by Crippen LogP contribution is -2.31. The fourth-order valence-corrected chi connectivity index (χ4v) is 4.63. The van der Waals surface area contributed by atoms with Crippen LogP contribution in [0.4, 0.5) is 0 Å². The highest BCUT2D eigenvalue weighted by atomic mass is 16.4. The molecule has 174 valence electrons. The van der Waals surface area contributed by atoms with Gasteiger partial charge in [0, 0.05) is 24.1 Å². The zero-order valence-electron chi connectivity index (χ0n) is 18.8. The van der Waals surface area contributed by atoms with Crippen LogP contribution in [0.1, 0.15) is 41.1 Å². The molecule has 2 aliphatic rings. The number of benzene rings is 2. The van der Waals surface area contributed by atoms with E-state index in [-0.39, 0.29) is 34.8 Å². The molecule has 0 bridgehead atoms. The SMILES string of the molecule is O=C(NC1CC1)c1cn(-c2cccc(-c3cccc(C4C[C@H]4C(=O)O)c3)c2)c2ncccc2c1=O. The molecule has 4 aromatic rings. The Hall–Kier alpha value is -4.26. The summed E-state index contributed by atoms with van der Waals surface area (Å²) in [5.74, 6) is -1.37. The Kier molecular flexibility index (Phi) is 4.99. The van der Waals surface area contributed by atoms with Crippen molar-refractivity contribution < 1.29 is 14.7 Å². The molecule has 2 N–H and O–H groups in total. The quantitative estimate of drug-likeness (QED) is 0.446. The van der Waals surface area contributed by atoms with Gasteiger partial charge in [-0.05, 0) is 66.1 Å². The van der Waals surface area contributed by atoms with Gasteiger partial charge < -0.3 is 15.0 Å². The van der Waals surface area contributed by atoms with E-state index in [1.165, 1.54) is 0 Å². The summed E-state index contributed by atoms with van der Waals surface area (Å²) in [6.45, 7) is 0. The average molecular weight is 466 g/mol. The molecule has 2 atom stereocenters. The van der Waals surface area contributed by atoms with Crippen molar-refractivity contribution >= 4 is 22.9 Å². The molecule has 1 amide bonds. The fourth-order valence-electron chi connectivity index (χ4n) is 4.63. The molecule has 0 radical (unpaired) electrons. The fraction of sp³-hybridized carbons (Fsp3) is 0.214. The Bertz CT molecular complexity index is 1550. The van der Waals surface area contributed by atoms with Crippen LogP contribution in [0.2, 0.25) is 0 Å². The molecule has 1 unspecified atom stereocenters. The van der Waals surface area contributed by atoms with E-state index in [0.717, 1.165) is 35.2 Å². The molecule has 2 aliphatic carbocycles. The van der Waals surface area contributed by atoms with Gasteiger partial charge in [-0.15, -0.1) is 0 Å². The van der Waals surface area contributed by atoms with Crippen LogP contribution in [0, 0.1) is 5.92 Å². The molecule has 0 aliphatic heterocycles. The van der Waals surface area contributed by atoms with E-state index in [9.17, 15) is 19.5 Å². The molecule has 2 heterocycles. The molecule has 2 aromatic heterocycles. The number of amides is 1. The number of carbonyl (C=O) groups is 2. The second-order valence-corrected chi connectivity index (χ2v) is 9.33. The Labute approximate surface area is 201 Å². The van der Waals surface area contributed by atoms with Crippen LogP contribution >= 0.6 is 0 Å². The van der Waals surface area contributed by atoms with Crippen molar-refractivity contribution in [3.05, 3.63) is 94.4 Å². The second-order valence-electron chi connectivity index (χ2n) is 9.33. The lowest BCUT2D eigenvalue weighted by atomic mass is 10.00. The number of pyridine rings is 2. The average Bonchev–Trinajstić information content (AvgIpc) is 3.80. The first-order valence-corrected chi connectivity index (χ1v) is 11.7. The van der Waals surface area contributed by atoms with E-state index in [1.54, 1.807) is 29.1 Å². The van der Waals surface area contributed by atoms with E-state index in [2.05, 4.69) is 10.3 Å². The molecule has 2 saturated carbocycles. The summed E-state index contributed by atoms with van der Waals surface area (Å²) >= 11 is 0. The van der Waals surface area contributed by atoms with Gasteiger partial charge >= 0.3 is 5.97 Å². The number of nitrogens with one attached hydrogen (secondary N) is 1. The molecule has 7 nitrogen and oxygen atoms in total. The first-order valence-electron chi connectivity index (χ1n) is 11.7. The standard InChI is InChI=1S/C28H23N3O4/c32-25-21-8-3-11-29-26(21)31(15-24(25)27(33)30-19-9-10-19)20-7-2-5-17(13-20)16-4-1-6-18(12-16)22-14-23(22)28(34)35/h1-8,11-13,15,19,22-23H,9-10,14H2,(H,30,33)(H,34,35)/t22?,23-/m1/s1. The minimum Gasteiger partial charge on any atom is -0.481 e. The zero-order valence-corrected chi connectivity index (χ0v) is 18.8. The first-order chi connectivity index (χ1) is 17.0. The number of aromatic nitrogens is 2. The Morgan fingerprint density at radius 3 is 2.51 bits per heavy atom. The predicted molar refractivity (Wildman–Crippen MR) is 132 cm³/mol. The van der Waals surface area contributed by atoms with Gasteiger partial charge in [0.1, 0.15) is 11.2 Å². The van der Waals surface area contributed by atoms with Gasteiger partial charge in [-0.25, -0.2) is 4.98 Å². The van der Waals surface area contributed by atoms with Crippen LogP contribution in [-0.2, 0) is 4.79 Å². The van der Waals surface area contributed by atoms with Crippen molar-refractivity contribution in [3.8, 4) is 16.8 Å². The molecule has 2 fully saturated rings. The van der Waals surface area contributed by atoms with E-state index in [1.807, 2.05) is 48.5 Å². The molecule has 0 saturated heterocycles. The van der Waals surface area contributed by atoms with Crippen molar-refractivity contribution in [2.75, 3.05) is 0 Å². The largest absolute Gasteiger partial charge is 0.481 e. The topological polar surface area (TPSA) is 101 Å². The summed E-state index contributed by atoms with van der Waals surface area (Å²) in [5, 5.41) is 12.6. The molecule has 2 aromatic carbocycles. The minimum atomic E-state index is -0.749. The van der Waals surface area contributed by atoms with Crippen molar-refractivity contribution in [1.29, 1.82) is 0 Å². The van der Waals surface area contributed by atoms with E-state index >= 15 is 0 Å². The van der Waals surface area contributed by atoms with Gasteiger partial charge in [0.2, 0.25) is 5.43 Å². The van der Waals surface area contributed by atoms with Crippen LogP contribution in [-0.4, -0.2) is 32.6 Å². The first kappa shape index (κ1) is 21.3. The Balaban J connectivity index is 1.43. The number of rotatable bonds is 6. The molecule has 35 heavy (non-hydrogen) atoms. The van der Waals surface area contributed by atoms with E-state index < -0.39 is 5.97 Å². The van der Waals surface area contributed by atoms with Gasteiger partial charge in [-0.1, -0.05) is 36.4 Å². The van der Waals surface area contributed by atoms with E-state index in [0.29, 0.717) is 17.5 Å². The summed E-state index contributed by atoms with van der Waals surface area (Å²) in [5.41, 5.74) is 3.96. The number of hydrogen-bond acceptors (Lipinski definition) is 4. The van der Waals surface area contributed by atoms with Crippen LogP contribution in [0.3, 0.4) is 0 Å². The Morgan fingerprint density at radius 2 is 1.77 bits per heavy atom. The van der Waals surface area contributed by atoms with Crippen LogP contribution in [0.15, 0.2) is 77.9 Å². The maximum atomic E-state index is 13.1. The molecule has 7 heteroatoms. The molecular formula is C28H23N3O4. The lowest BCUT2D eigenvalue weighted by molar-refractivity contribution is -0.138. The number of carboxylic acids is 1. The molecular weight excluding hydrogens is 442 g/mol. The van der Waals surface area contributed by atoms with Gasteiger partial charge in [-0.3, -0.25) is 14.4 Å². The summed E-state index contributed by atoms with van der Waals surface area (Å²) in [6.07, 6.45) is 5.74. The third kappa shape index (κ3) is 3.99. The highest BCUT2D eigenvalue weighted by Crippen LogP contribution is 2.48. The Morgan fingerprint density at radius 1 is 1.00 bits per heavy atom. The number of hydrogen-bond donors (Lipinski definition) is 2.